The van der Waals surface area contributed by atoms with Crippen molar-refractivity contribution in [3.05, 3.63) is 48.6 Å². The van der Waals surface area contributed by atoms with Crippen LogP contribution >= 0.6 is 0 Å². The number of aliphatic carboxylic acids is 1. The van der Waals surface area contributed by atoms with Crippen molar-refractivity contribution >= 4 is 17.9 Å². The third-order valence-electron chi connectivity index (χ3n) is 11.2. The van der Waals surface area contributed by atoms with Crippen LogP contribution in [-0.4, -0.2) is 75.5 Å². The average molecular weight is 858 g/mol. The van der Waals surface area contributed by atoms with Crippen molar-refractivity contribution < 1.29 is 38.2 Å². The van der Waals surface area contributed by atoms with Gasteiger partial charge < -0.3 is 28.6 Å². The lowest BCUT2D eigenvalue weighted by atomic mass is 10.0. The molecule has 0 aromatic carbocycles. The number of nitrogens with zero attached hydrogens (tertiary/aromatic N) is 1. The number of carboxylic acids is 1. The zero-order chi connectivity index (χ0) is 44.9. The lowest BCUT2D eigenvalue weighted by Crippen LogP contribution is -2.55. The number of carbonyl (C=O) groups excluding carboxylic acids is 3. The number of esters is 2. The molecule has 0 amide bonds. The van der Waals surface area contributed by atoms with Gasteiger partial charge in [0.05, 0.1) is 40.3 Å². The van der Waals surface area contributed by atoms with Crippen molar-refractivity contribution in [3.8, 4) is 0 Å². The molecule has 0 aliphatic heterocycles. The van der Waals surface area contributed by atoms with Crippen molar-refractivity contribution in [2.24, 2.45) is 0 Å². The molecule has 0 radical (unpaired) electrons. The van der Waals surface area contributed by atoms with E-state index in [4.69, 9.17) is 14.2 Å². The zero-order valence-corrected chi connectivity index (χ0v) is 40.3. The Bertz CT molecular complexity index is 1140. The molecule has 8 nitrogen and oxygen atoms in total. The summed E-state index contributed by atoms with van der Waals surface area (Å²) in [5.41, 5.74) is 0. The van der Waals surface area contributed by atoms with E-state index >= 15 is 0 Å². The third kappa shape index (κ3) is 42.4. The van der Waals surface area contributed by atoms with Gasteiger partial charge >= 0.3 is 11.9 Å². The van der Waals surface area contributed by atoms with Crippen LogP contribution in [0.25, 0.3) is 0 Å². The van der Waals surface area contributed by atoms with Gasteiger partial charge in [-0.05, 0) is 51.4 Å². The van der Waals surface area contributed by atoms with Crippen LogP contribution in [0.3, 0.4) is 0 Å². The Morgan fingerprint density at radius 1 is 0.508 bits per heavy atom. The molecular formula is C53H95NO7. The molecule has 0 aliphatic rings. The predicted molar refractivity (Wildman–Crippen MR) is 254 cm³/mol. The smallest absolute Gasteiger partial charge is 0.306 e. The molecule has 0 fully saturated rings. The van der Waals surface area contributed by atoms with Gasteiger partial charge in [-0.1, -0.05) is 197 Å². The van der Waals surface area contributed by atoms with Crippen LogP contribution in [0.5, 0.6) is 0 Å². The highest BCUT2D eigenvalue weighted by atomic mass is 16.6. The molecule has 0 aromatic heterocycles. The lowest BCUT2D eigenvalue weighted by molar-refractivity contribution is -0.889. The summed E-state index contributed by atoms with van der Waals surface area (Å²) in [6, 6.07) is -0.726. The van der Waals surface area contributed by atoms with Gasteiger partial charge in [-0.2, -0.15) is 0 Å². The Balaban J connectivity index is 4.23. The van der Waals surface area contributed by atoms with Crippen LogP contribution in [0, 0.1) is 0 Å². The zero-order valence-electron chi connectivity index (χ0n) is 40.3. The fraction of sp³-hybridized carbons (Fsp3) is 0.792. The van der Waals surface area contributed by atoms with Gasteiger partial charge in [0, 0.05) is 19.3 Å². The molecule has 0 saturated carbocycles. The minimum atomic E-state index is -1.12. The number of rotatable bonds is 45. The number of ether oxygens (including phenoxy) is 3. The minimum Gasteiger partial charge on any atom is -0.544 e. The predicted octanol–water partition coefficient (Wildman–Crippen LogP) is 13.0. The maximum atomic E-state index is 12.8. The summed E-state index contributed by atoms with van der Waals surface area (Å²) in [4.78, 5) is 37.0. The molecule has 0 bridgehead atoms. The molecule has 2 atom stereocenters. The van der Waals surface area contributed by atoms with E-state index in [1.54, 1.807) is 21.1 Å². The quantitative estimate of drug-likeness (QED) is 0.0260. The summed E-state index contributed by atoms with van der Waals surface area (Å²) in [5, 5.41) is 11.7. The maximum Gasteiger partial charge on any atom is 0.306 e. The molecule has 2 unspecified atom stereocenters. The number of likely N-dealkylation sites (N-methyl/N-ethyl adjacent to an activating group) is 1. The van der Waals surface area contributed by atoms with Gasteiger partial charge in [-0.15, -0.1) is 0 Å². The molecule has 0 spiro atoms. The standard InChI is InChI=1S/C53H95NO7/c1-6-8-10-12-14-16-18-20-22-23-24-25-26-27-28-30-31-33-35-37-39-41-43-51(55)60-48-49(47-59-46-45-50(53(57)58)54(3,4)5)61-52(56)44-42-40-38-36-34-32-29-21-19-17-15-13-11-9-7-2/h8,10,14,16,20,22,24-25,49-50H,6-7,9,11-13,15,17-19,21,23,26-48H2,1-5H3/b10-8+,16-14+,22-20+,25-24+. The first-order valence-electron chi connectivity index (χ1n) is 25.2. The average Bonchev–Trinajstić information content (AvgIpc) is 3.22. The fourth-order valence-electron chi connectivity index (χ4n) is 7.36. The van der Waals surface area contributed by atoms with Crippen LogP contribution in [0.2, 0.25) is 0 Å². The van der Waals surface area contributed by atoms with E-state index in [1.807, 2.05) is 0 Å². The molecule has 0 N–H and O–H groups in total. The molecule has 8 heteroatoms. The highest BCUT2D eigenvalue weighted by Gasteiger charge is 2.25. The van der Waals surface area contributed by atoms with E-state index in [1.165, 1.54) is 116 Å². The third-order valence-corrected chi connectivity index (χ3v) is 11.2. The summed E-state index contributed by atoms with van der Waals surface area (Å²) in [6.45, 7) is 4.57. The number of allylic oxidation sites excluding steroid dienone is 8. The van der Waals surface area contributed by atoms with Crippen molar-refractivity contribution in [1.29, 1.82) is 0 Å². The number of quaternary nitrogens is 1. The molecule has 0 aromatic rings. The van der Waals surface area contributed by atoms with Crippen molar-refractivity contribution in [2.45, 2.75) is 231 Å². The van der Waals surface area contributed by atoms with Crippen molar-refractivity contribution in [1.82, 2.24) is 0 Å². The van der Waals surface area contributed by atoms with Gasteiger partial charge in [-0.3, -0.25) is 9.59 Å². The summed E-state index contributed by atoms with van der Waals surface area (Å²) in [6.07, 6.45) is 52.8. The second kappa shape index (κ2) is 43.9. The van der Waals surface area contributed by atoms with Crippen LogP contribution in [0.15, 0.2) is 48.6 Å². The van der Waals surface area contributed by atoms with Gasteiger partial charge in [0.15, 0.2) is 6.10 Å². The molecule has 61 heavy (non-hydrogen) atoms. The largest absolute Gasteiger partial charge is 0.544 e. The van der Waals surface area contributed by atoms with E-state index in [-0.39, 0.29) is 42.7 Å². The second-order valence-corrected chi connectivity index (χ2v) is 18.0. The Labute approximate surface area is 376 Å². The van der Waals surface area contributed by atoms with E-state index < -0.39 is 18.1 Å². The van der Waals surface area contributed by atoms with E-state index in [0.717, 1.165) is 70.6 Å². The first-order chi connectivity index (χ1) is 29.6. The van der Waals surface area contributed by atoms with E-state index in [2.05, 4.69) is 62.5 Å². The van der Waals surface area contributed by atoms with Crippen LogP contribution in [0.4, 0.5) is 0 Å². The number of unbranched alkanes of at least 4 members (excludes halogenated alkanes) is 23. The lowest BCUT2D eigenvalue weighted by Gasteiger charge is -2.34. The van der Waals surface area contributed by atoms with E-state index in [9.17, 15) is 19.5 Å². The molecule has 354 valence electrons. The van der Waals surface area contributed by atoms with Crippen LogP contribution in [0.1, 0.15) is 219 Å². The Morgan fingerprint density at radius 3 is 1.36 bits per heavy atom. The van der Waals surface area contributed by atoms with E-state index in [0.29, 0.717) is 12.8 Å². The summed E-state index contributed by atoms with van der Waals surface area (Å²) >= 11 is 0. The Morgan fingerprint density at radius 2 is 0.918 bits per heavy atom. The molecule has 0 rings (SSSR count). The summed E-state index contributed by atoms with van der Waals surface area (Å²) in [5.74, 6) is -1.73. The number of hydrogen-bond donors (Lipinski definition) is 0. The molecular weight excluding hydrogens is 763 g/mol. The normalized spacial score (nSPS) is 13.3. The number of carbonyl (C=O) groups is 3. The highest BCUT2D eigenvalue weighted by Crippen LogP contribution is 2.16. The second-order valence-electron chi connectivity index (χ2n) is 18.0. The van der Waals surface area contributed by atoms with Gasteiger partial charge in [0.25, 0.3) is 0 Å². The Kier molecular flexibility index (Phi) is 42.0. The fourth-order valence-corrected chi connectivity index (χ4v) is 7.36. The molecule has 0 saturated heterocycles. The Hall–Kier alpha value is -2.71. The van der Waals surface area contributed by atoms with Gasteiger partial charge in [-0.25, -0.2) is 0 Å². The monoisotopic (exact) mass is 858 g/mol. The summed E-state index contributed by atoms with van der Waals surface area (Å²) in [7, 11) is 5.42. The van der Waals surface area contributed by atoms with Gasteiger partial charge in [0.2, 0.25) is 0 Å². The number of carboxylic acid groups (broad SMARTS) is 1. The van der Waals surface area contributed by atoms with Crippen LogP contribution < -0.4 is 5.11 Å². The summed E-state index contributed by atoms with van der Waals surface area (Å²) < 4.78 is 17.2. The first-order valence-corrected chi connectivity index (χ1v) is 25.2. The maximum absolute atomic E-state index is 12.8. The molecule has 0 aliphatic carbocycles. The first kappa shape index (κ1) is 58.3. The number of hydrogen-bond acceptors (Lipinski definition) is 7. The highest BCUT2D eigenvalue weighted by molar-refractivity contribution is 5.70. The minimum absolute atomic E-state index is 0.0409. The van der Waals surface area contributed by atoms with Gasteiger partial charge in [0.1, 0.15) is 12.6 Å². The van der Waals surface area contributed by atoms with Crippen molar-refractivity contribution in [3.63, 3.8) is 0 Å². The molecule has 0 heterocycles. The topological polar surface area (TPSA) is 102 Å². The van der Waals surface area contributed by atoms with Crippen LogP contribution in [-0.2, 0) is 28.6 Å². The SMILES string of the molecule is CC/C=C/C/C=C/C/C=C/C/C=C/CCCCCCCCCCCC(=O)OCC(COCCC(C(=O)[O-])[N+](C)(C)C)OC(=O)CCCCCCCCCCCCCCCCC. The van der Waals surface area contributed by atoms with Crippen molar-refractivity contribution in [2.75, 3.05) is 41.0 Å².